The molecule has 0 fully saturated rings. The lowest BCUT2D eigenvalue weighted by molar-refractivity contribution is 0.617. The first-order chi connectivity index (χ1) is 21.9. The second kappa shape index (κ2) is 23.0. The van der Waals surface area contributed by atoms with Crippen LogP contribution >= 0.6 is 0 Å². The molecule has 0 bridgehead atoms. The Morgan fingerprint density at radius 2 is 1.04 bits per heavy atom. The Morgan fingerprint density at radius 3 is 1.39 bits per heavy atom. The summed E-state index contributed by atoms with van der Waals surface area (Å²) in [6.07, 6.45) is 13.7. The van der Waals surface area contributed by atoms with Gasteiger partial charge in [-0.05, 0) is 71.7 Å². The highest BCUT2D eigenvalue weighted by molar-refractivity contribution is 5.12. The summed E-state index contributed by atoms with van der Waals surface area (Å²) in [5.41, 5.74) is 4.50. The Kier molecular flexibility index (Phi) is 19.7. The molecule has 5 heterocycles. The van der Waals surface area contributed by atoms with Crippen molar-refractivity contribution in [1.82, 2.24) is 34.9 Å². The van der Waals surface area contributed by atoms with Crippen LogP contribution in [-0.2, 0) is 0 Å². The number of rotatable bonds is 5. The van der Waals surface area contributed by atoms with Gasteiger partial charge < -0.3 is 0 Å². The van der Waals surface area contributed by atoms with Crippen molar-refractivity contribution < 1.29 is 4.39 Å². The van der Waals surface area contributed by atoms with Gasteiger partial charge in [0, 0.05) is 60.2 Å². The molecule has 46 heavy (non-hydrogen) atoms. The number of nitrogens with zero attached hydrogens (tertiary/aromatic N) is 7. The van der Waals surface area contributed by atoms with E-state index < -0.39 is 0 Å². The maximum absolute atomic E-state index is 12.3. The largest absolute Gasteiger partial charge is 0.264 e. The van der Waals surface area contributed by atoms with Gasteiger partial charge in [-0.15, -0.1) is 0 Å². The highest BCUT2D eigenvalue weighted by Gasteiger charge is 2.00. The van der Waals surface area contributed by atoms with E-state index in [1.54, 1.807) is 37.2 Å². The van der Waals surface area contributed by atoms with Gasteiger partial charge in [0.05, 0.1) is 6.20 Å². The van der Waals surface area contributed by atoms with Crippen LogP contribution in [0.25, 0.3) is 0 Å². The third kappa shape index (κ3) is 17.7. The molecule has 246 valence electrons. The molecule has 0 radical (unpaired) electrons. The number of hydrogen-bond acceptors (Lipinski definition) is 7. The first-order valence-corrected chi connectivity index (χ1v) is 15.9. The molecule has 0 aliphatic rings. The predicted molar refractivity (Wildman–Crippen MR) is 187 cm³/mol. The SMILES string of the molecule is CC(C)c1ccc(F)cn1.CC(C)c1ccccn1.CC(C)c1cccnc1.CC(C)c1ccncn1.CC(C)c1ncccn1. The average Bonchev–Trinajstić information content (AvgIpc) is 3.08. The third-order valence-corrected chi connectivity index (χ3v) is 6.27. The molecule has 0 aromatic carbocycles. The van der Waals surface area contributed by atoms with Crippen molar-refractivity contribution >= 4 is 0 Å². The third-order valence-electron chi connectivity index (χ3n) is 6.27. The molecule has 0 spiro atoms. The summed E-state index contributed by atoms with van der Waals surface area (Å²) in [5, 5.41) is 0. The molecule has 0 aliphatic heterocycles. The van der Waals surface area contributed by atoms with Crippen LogP contribution in [0.1, 0.15) is 127 Å². The van der Waals surface area contributed by atoms with E-state index in [1.807, 2.05) is 62.6 Å². The fourth-order valence-electron chi connectivity index (χ4n) is 3.41. The Bertz CT molecular complexity index is 1220. The highest BCUT2D eigenvalue weighted by Crippen LogP contribution is 2.11. The van der Waals surface area contributed by atoms with E-state index in [1.165, 1.54) is 17.8 Å². The molecule has 5 rings (SSSR count). The molecule has 0 saturated heterocycles. The van der Waals surface area contributed by atoms with E-state index in [0.717, 1.165) is 22.9 Å². The fraction of sp³-hybridized carbons (Fsp3) is 0.395. The summed E-state index contributed by atoms with van der Waals surface area (Å²) in [6, 6.07) is 17.0. The zero-order valence-electron chi connectivity index (χ0n) is 29.2. The van der Waals surface area contributed by atoms with Crippen LogP contribution in [-0.4, -0.2) is 34.9 Å². The van der Waals surface area contributed by atoms with Gasteiger partial charge in [0.25, 0.3) is 0 Å². The zero-order valence-corrected chi connectivity index (χ0v) is 29.2. The van der Waals surface area contributed by atoms with Crippen molar-refractivity contribution in [3.63, 3.8) is 0 Å². The summed E-state index contributed by atoms with van der Waals surface area (Å²) < 4.78 is 12.3. The first-order valence-electron chi connectivity index (χ1n) is 15.9. The molecule has 7 nitrogen and oxygen atoms in total. The first kappa shape index (κ1) is 39.6. The highest BCUT2D eigenvalue weighted by atomic mass is 19.1. The van der Waals surface area contributed by atoms with Gasteiger partial charge >= 0.3 is 0 Å². The number of hydrogen-bond donors (Lipinski definition) is 0. The Hall–Kier alpha value is -4.46. The lowest BCUT2D eigenvalue weighted by atomic mass is 10.1. The predicted octanol–water partition coefficient (Wildman–Crippen LogP) is 9.95. The van der Waals surface area contributed by atoms with Gasteiger partial charge in [0.2, 0.25) is 0 Å². The van der Waals surface area contributed by atoms with Crippen LogP contribution < -0.4 is 0 Å². The lowest BCUT2D eigenvalue weighted by Gasteiger charge is -2.01. The molecule has 0 unspecified atom stereocenters. The molecule has 0 aliphatic carbocycles. The van der Waals surface area contributed by atoms with Crippen LogP contribution in [0, 0.1) is 5.82 Å². The minimum atomic E-state index is -0.274. The van der Waals surface area contributed by atoms with Crippen molar-refractivity contribution in [3.8, 4) is 0 Å². The van der Waals surface area contributed by atoms with E-state index in [9.17, 15) is 4.39 Å². The van der Waals surface area contributed by atoms with E-state index in [2.05, 4.69) is 96.3 Å². The van der Waals surface area contributed by atoms with Gasteiger partial charge in [-0.3, -0.25) is 15.0 Å². The minimum absolute atomic E-state index is 0.274. The van der Waals surface area contributed by atoms with Gasteiger partial charge in [0.1, 0.15) is 18.0 Å². The molecule has 8 heteroatoms. The quantitative estimate of drug-likeness (QED) is 0.192. The molecule has 0 atom stereocenters. The van der Waals surface area contributed by atoms with Gasteiger partial charge in [-0.25, -0.2) is 24.3 Å². The summed E-state index contributed by atoms with van der Waals surface area (Å²) in [4.78, 5) is 28.1. The van der Waals surface area contributed by atoms with Crippen molar-refractivity contribution in [1.29, 1.82) is 0 Å². The summed E-state index contributed by atoms with van der Waals surface area (Å²) in [6.45, 7) is 21.1. The molecule has 0 N–H and O–H groups in total. The molecule has 0 saturated carbocycles. The molecule has 0 amide bonds. The van der Waals surface area contributed by atoms with Crippen LogP contribution in [0.5, 0.6) is 0 Å². The smallest absolute Gasteiger partial charge is 0.141 e. The Labute approximate surface area is 276 Å². The zero-order chi connectivity index (χ0) is 34.3. The standard InChI is InChI=1S/C8H10FN.2C8H11N.2C7H10N2/c1-6(2)8-4-3-7(9)5-10-8;1-7(2)8-4-3-5-9-6-8;1-7(2)8-5-3-4-6-9-8;1-6(2)7-3-4-8-5-9-7;1-6(2)7-8-4-3-5-9-7/h3-6H,1-2H3;2*3-7H,1-2H3;2*3-6H,1-2H3. The Balaban J connectivity index is 0.000000288. The number of halogens is 1. The maximum atomic E-state index is 12.3. The van der Waals surface area contributed by atoms with Gasteiger partial charge in [-0.2, -0.15) is 0 Å². The normalized spacial score (nSPS) is 10.2. The Morgan fingerprint density at radius 1 is 0.435 bits per heavy atom. The van der Waals surface area contributed by atoms with Gasteiger partial charge in [-0.1, -0.05) is 81.4 Å². The average molecular weight is 626 g/mol. The number of aromatic nitrogens is 7. The lowest BCUT2D eigenvalue weighted by Crippen LogP contribution is -1.93. The van der Waals surface area contributed by atoms with Crippen molar-refractivity contribution in [2.75, 3.05) is 0 Å². The minimum Gasteiger partial charge on any atom is -0.264 e. The monoisotopic (exact) mass is 625 g/mol. The summed E-state index contributed by atoms with van der Waals surface area (Å²) >= 11 is 0. The van der Waals surface area contributed by atoms with Crippen LogP contribution in [0.2, 0.25) is 0 Å². The van der Waals surface area contributed by atoms with Crippen LogP contribution in [0.3, 0.4) is 0 Å². The van der Waals surface area contributed by atoms with Crippen molar-refractivity contribution in [3.05, 3.63) is 139 Å². The summed E-state index contributed by atoms with van der Waals surface area (Å²) in [5.74, 6) is 3.10. The molecular formula is C38H52FN7. The maximum Gasteiger partial charge on any atom is 0.141 e. The van der Waals surface area contributed by atoms with Crippen LogP contribution in [0.15, 0.2) is 104 Å². The van der Waals surface area contributed by atoms with E-state index in [-0.39, 0.29) is 5.82 Å². The molecular weight excluding hydrogens is 573 g/mol. The van der Waals surface area contributed by atoms with E-state index >= 15 is 0 Å². The van der Waals surface area contributed by atoms with E-state index in [4.69, 9.17) is 0 Å². The van der Waals surface area contributed by atoms with Crippen molar-refractivity contribution in [2.24, 2.45) is 0 Å². The molecule has 5 aromatic heterocycles. The molecule has 5 aromatic rings. The second-order valence-corrected chi connectivity index (χ2v) is 12.0. The van der Waals surface area contributed by atoms with Crippen LogP contribution in [0.4, 0.5) is 4.39 Å². The number of pyridine rings is 3. The van der Waals surface area contributed by atoms with E-state index in [0.29, 0.717) is 29.6 Å². The second-order valence-electron chi connectivity index (χ2n) is 12.0. The van der Waals surface area contributed by atoms with Crippen molar-refractivity contribution in [2.45, 2.75) is 98.8 Å². The fourth-order valence-corrected chi connectivity index (χ4v) is 3.41. The topological polar surface area (TPSA) is 90.2 Å². The summed E-state index contributed by atoms with van der Waals surface area (Å²) in [7, 11) is 0. The van der Waals surface area contributed by atoms with Gasteiger partial charge in [0.15, 0.2) is 0 Å².